The molecule has 8 N–H and O–H groups in total. The minimum Gasteiger partial charge on any atom is -0.447 e. The van der Waals surface area contributed by atoms with Crippen LogP contribution in [-0.2, 0) is 50.2 Å². The number of unbranched alkanes of at least 4 members (excludes halogenated alkanes) is 5. The number of aromatic amines is 1. The van der Waals surface area contributed by atoms with Crippen molar-refractivity contribution in [2.45, 2.75) is 132 Å². The Morgan fingerprint density at radius 3 is 2.27 bits per heavy atom. The molecular formula is C60H66F2N7O13P. The topological polar surface area (TPSA) is 297 Å². The van der Waals surface area contributed by atoms with Crippen LogP contribution < -0.4 is 21.7 Å². The second-order valence-corrected chi connectivity index (χ2v) is 22.6. The first-order valence-electron chi connectivity index (χ1n) is 27.6. The van der Waals surface area contributed by atoms with Gasteiger partial charge in [0.2, 0.25) is 23.6 Å². The zero-order valence-corrected chi connectivity index (χ0v) is 46.5. The van der Waals surface area contributed by atoms with Gasteiger partial charge in [0.05, 0.1) is 6.10 Å². The van der Waals surface area contributed by atoms with Gasteiger partial charge in [-0.25, -0.2) is 4.79 Å². The van der Waals surface area contributed by atoms with Crippen LogP contribution in [0.1, 0.15) is 139 Å². The first-order chi connectivity index (χ1) is 39.7. The van der Waals surface area contributed by atoms with Crippen molar-refractivity contribution in [2.24, 2.45) is 5.73 Å². The molecule has 0 aliphatic carbocycles. The highest BCUT2D eigenvalue weighted by Crippen LogP contribution is 2.59. The lowest BCUT2D eigenvalue weighted by Crippen LogP contribution is -2.56. The molecule has 0 spiro atoms. The number of piperidine rings is 1. The van der Waals surface area contributed by atoms with Gasteiger partial charge in [0, 0.05) is 78.9 Å². The van der Waals surface area contributed by atoms with Gasteiger partial charge in [-0.15, -0.1) is 0 Å². The minimum atomic E-state index is -5.90. The number of nitrogens with zero attached hydrogens (tertiary/aromatic N) is 2. The molecule has 3 aliphatic rings. The fourth-order valence-corrected chi connectivity index (χ4v) is 11.2. The van der Waals surface area contributed by atoms with Gasteiger partial charge in [0.25, 0.3) is 11.8 Å². The lowest BCUT2D eigenvalue weighted by Gasteiger charge is -2.30. The van der Waals surface area contributed by atoms with Crippen LogP contribution in [0, 0.1) is 11.8 Å². The molecule has 2 fully saturated rings. The Morgan fingerprint density at radius 1 is 0.880 bits per heavy atom. The second kappa shape index (κ2) is 27.3. The van der Waals surface area contributed by atoms with Crippen LogP contribution in [-0.4, -0.2) is 122 Å². The molecule has 3 aliphatic heterocycles. The molecular weight excluding hydrogens is 1100 g/mol. The van der Waals surface area contributed by atoms with E-state index in [1.165, 1.54) is 15.9 Å². The average molecular weight is 1160 g/mol. The number of halogens is 2. The number of carbonyl (C=O) groups is 8. The summed E-state index contributed by atoms with van der Waals surface area (Å²) in [5.74, 6) is 2.10. The Morgan fingerprint density at radius 2 is 1.59 bits per heavy atom. The van der Waals surface area contributed by atoms with Gasteiger partial charge in [0.1, 0.15) is 36.5 Å². The number of nitrogens with one attached hydrogen (secondary N) is 4. The summed E-state index contributed by atoms with van der Waals surface area (Å²) in [4.78, 5) is 132. The van der Waals surface area contributed by atoms with E-state index in [1.807, 2.05) is 73.7 Å². The van der Waals surface area contributed by atoms with Gasteiger partial charge in [-0.05, 0) is 72.7 Å². The van der Waals surface area contributed by atoms with Crippen molar-refractivity contribution in [1.29, 1.82) is 0 Å². The molecule has 4 aromatic carbocycles. The number of hydrogen-bond acceptors (Lipinski definition) is 11. The Kier molecular flexibility index (Phi) is 20.1. The molecule has 23 heteroatoms. The van der Waals surface area contributed by atoms with Crippen LogP contribution in [0.5, 0.6) is 0 Å². The van der Waals surface area contributed by atoms with Gasteiger partial charge in [-0.3, -0.25) is 43.4 Å². The van der Waals surface area contributed by atoms with Crippen LogP contribution in [0.4, 0.5) is 13.6 Å². The van der Waals surface area contributed by atoms with Gasteiger partial charge < -0.3 is 50.4 Å². The quantitative estimate of drug-likeness (QED) is 0.0137. The van der Waals surface area contributed by atoms with E-state index in [1.54, 1.807) is 12.1 Å². The van der Waals surface area contributed by atoms with Crippen molar-refractivity contribution >= 4 is 65.8 Å². The molecule has 7 amide bonds. The maximum absolute atomic E-state index is 14.9. The zero-order chi connectivity index (χ0) is 59.4. The fourth-order valence-electron chi connectivity index (χ4n) is 10.7. The van der Waals surface area contributed by atoms with E-state index in [0.717, 1.165) is 54.2 Å². The Bertz CT molecular complexity index is 3310. The highest BCUT2D eigenvalue weighted by molar-refractivity contribution is 7.52. The van der Waals surface area contributed by atoms with E-state index in [4.69, 9.17) is 15.2 Å². The number of primary amides is 1. The normalized spacial score (nSPS) is 17.8. The summed E-state index contributed by atoms with van der Waals surface area (Å²) in [6.07, 6.45) is 3.05. The number of amides is 7. The van der Waals surface area contributed by atoms with E-state index < -0.39 is 97.1 Å². The zero-order valence-electron chi connectivity index (χ0n) is 45.7. The monoisotopic (exact) mass is 1160 g/mol. The second-order valence-electron chi connectivity index (χ2n) is 20.9. The van der Waals surface area contributed by atoms with E-state index in [0.29, 0.717) is 36.8 Å². The summed E-state index contributed by atoms with van der Waals surface area (Å²) < 4.78 is 52.4. The van der Waals surface area contributed by atoms with Crippen molar-refractivity contribution in [3.8, 4) is 11.8 Å². The number of carbonyl (C=O) groups excluding carboxylic acids is 8. The van der Waals surface area contributed by atoms with Gasteiger partial charge in [0.15, 0.2) is 5.78 Å². The summed E-state index contributed by atoms with van der Waals surface area (Å²) in [6.45, 7) is 1.65. The van der Waals surface area contributed by atoms with Crippen LogP contribution in [0.3, 0.4) is 0 Å². The third-order valence-corrected chi connectivity index (χ3v) is 16.1. The molecule has 83 heavy (non-hydrogen) atoms. The van der Waals surface area contributed by atoms with Crippen LogP contribution in [0.2, 0.25) is 0 Å². The number of benzene rings is 4. The number of imide groups is 1. The SMILES string of the molecule is CCCC[C@H](NC(=O)c1cc2cc(C(F)(F)P(=O)(O)O)ccc2[nH]1)C(=O)N1C[C@H](OCCCCCCC#Cc2cccc3c2CN(C2CCC(=O)NC2=O)C3=O)C[C@H]1C(=O)N[C@@H](COC(N)=O)C(=O)CC(c1ccccc1)c1ccccc1. The lowest BCUT2D eigenvalue weighted by molar-refractivity contribution is -0.141. The molecule has 5 aromatic rings. The van der Waals surface area contributed by atoms with Gasteiger partial charge in [-0.1, -0.05) is 117 Å². The maximum atomic E-state index is 14.9. The molecule has 5 atom stereocenters. The Hall–Kier alpha value is -8.09. The molecule has 2 saturated heterocycles. The highest BCUT2D eigenvalue weighted by Gasteiger charge is 2.50. The number of likely N-dealkylation sites (tertiary alicyclic amines) is 1. The first kappa shape index (κ1) is 61.0. The third-order valence-electron chi connectivity index (χ3n) is 15.1. The first-order valence-corrected chi connectivity index (χ1v) is 29.3. The average Bonchev–Trinajstić information content (AvgIpc) is 4.37. The van der Waals surface area contributed by atoms with Crippen molar-refractivity contribution in [1.82, 2.24) is 30.7 Å². The number of rotatable bonds is 25. The van der Waals surface area contributed by atoms with Crippen LogP contribution >= 0.6 is 7.60 Å². The smallest absolute Gasteiger partial charge is 0.404 e. The van der Waals surface area contributed by atoms with Gasteiger partial charge in [-0.2, -0.15) is 8.78 Å². The number of nitrogens with two attached hydrogens (primary N) is 1. The predicted octanol–water partition coefficient (Wildman–Crippen LogP) is 6.80. The molecule has 0 bridgehead atoms. The molecule has 1 unspecified atom stereocenters. The van der Waals surface area contributed by atoms with Crippen molar-refractivity contribution in [2.75, 3.05) is 19.8 Å². The van der Waals surface area contributed by atoms with Crippen molar-refractivity contribution < 1.29 is 71.0 Å². The molecule has 0 radical (unpaired) electrons. The van der Waals surface area contributed by atoms with Crippen LogP contribution in [0.15, 0.2) is 103 Å². The van der Waals surface area contributed by atoms with E-state index in [9.17, 15) is 61.5 Å². The summed E-state index contributed by atoms with van der Waals surface area (Å²) >= 11 is 0. The highest BCUT2D eigenvalue weighted by atomic mass is 31.2. The van der Waals surface area contributed by atoms with Crippen molar-refractivity contribution in [3.05, 3.63) is 142 Å². The molecule has 1 aromatic heterocycles. The number of Topliss-reactive ketones (excluding diaryl/α,β-unsaturated/α-hetero) is 1. The summed E-state index contributed by atoms with van der Waals surface area (Å²) in [5.41, 5.74) is 3.49. The summed E-state index contributed by atoms with van der Waals surface area (Å²) in [5, 5.41) is 7.83. The predicted molar refractivity (Wildman–Crippen MR) is 299 cm³/mol. The number of aromatic nitrogens is 1. The molecule has 8 rings (SSSR count). The number of fused-ring (bicyclic) bond motifs is 2. The lowest BCUT2D eigenvalue weighted by atomic mass is 9.86. The minimum absolute atomic E-state index is 0.0144. The number of hydrogen-bond donors (Lipinski definition) is 7. The number of H-pyrrole nitrogens is 1. The standard InChI is InChI=1S/C60H66F2N7O13P/c1-2-3-24-47(65-54(72)48-31-40-30-41(25-26-46(40)64-48)60(61,62)83(78,79)80)58(76)68-34-42(32-51(68)56(74)66-49(36-82-59(63)77)52(70)33-44(37-17-11-8-12-18-37)38-19-13-9-14-20-38)81-29-15-7-5-4-6-10-21-39-22-16-23-43-45(39)35-69(57(43)75)50-27-28-53(71)67-55(50)73/h8-9,11-14,16-20,22-23,25-26,30-31,42,44,47,49-51,64H,2-7,15,24,27-29,32-36H2,1H3,(H2,63,77)(H,65,72)(H,66,74)(H,67,71,73)(H2,78,79,80)/t42-,47+,49+,50?,51+/m1/s1. The molecule has 4 heterocycles. The van der Waals surface area contributed by atoms with Gasteiger partial charge >= 0.3 is 19.4 Å². The summed E-state index contributed by atoms with van der Waals surface area (Å²) in [7, 11) is -5.90. The van der Waals surface area contributed by atoms with E-state index in [-0.39, 0.29) is 80.2 Å². The van der Waals surface area contributed by atoms with Crippen LogP contribution in [0.25, 0.3) is 10.9 Å². The Labute approximate surface area is 477 Å². The largest absolute Gasteiger partial charge is 0.447 e. The molecule has 438 valence electrons. The number of ether oxygens (including phenoxy) is 2. The van der Waals surface area contributed by atoms with Crippen molar-refractivity contribution in [3.63, 3.8) is 0 Å². The number of ketones is 1. The molecule has 0 saturated carbocycles. The van der Waals surface area contributed by atoms with E-state index in [2.05, 4.69) is 32.8 Å². The summed E-state index contributed by atoms with van der Waals surface area (Å²) in [6, 6.07) is 23.3. The third kappa shape index (κ3) is 14.9. The number of alkyl halides is 2. The Balaban J connectivity index is 0.941. The maximum Gasteiger partial charge on any atom is 0.404 e. The molecule has 20 nitrogen and oxygen atoms in total. The fraction of sp³-hybridized carbons (Fsp3) is 0.400. The van der Waals surface area contributed by atoms with E-state index >= 15 is 0 Å².